The second kappa shape index (κ2) is 6.07. The number of phenolic OH excluding ortho intramolecular Hbond substituents is 1. The number of nitrogens with zero attached hydrogens (tertiary/aromatic N) is 3. The van der Waals surface area contributed by atoms with Gasteiger partial charge >= 0.3 is 0 Å². The van der Waals surface area contributed by atoms with Crippen molar-refractivity contribution in [1.29, 1.82) is 0 Å². The van der Waals surface area contributed by atoms with E-state index in [-0.39, 0.29) is 11.5 Å². The molecule has 6 heteroatoms. The van der Waals surface area contributed by atoms with Crippen LogP contribution in [0.4, 0.5) is 5.82 Å². The second-order valence-corrected chi connectivity index (χ2v) is 6.80. The molecule has 2 aromatic heterocycles. The molecule has 0 saturated carbocycles. The number of rotatable bonds is 4. The average molecular weight is 348 g/mol. The van der Waals surface area contributed by atoms with Crippen LogP contribution in [0.25, 0.3) is 22.0 Å². The fourth-order valence-electron chi connectivity index (χ4n) is 3.41. The van der Waals surface area contributed by atoms with Crippen molar-refractivity contribution in [3.8, 4) is 16.9 Å². The van der Waals surface area contributed by atoms with E-state index in [1.807, 2.05) is 33.2 Å². The van der Waals surface area contributed by atoms with Gasteiger partial charge in [-0.15, -0.1) is 0 Å². The summed E-state index contributed by atoms with van der Waals surface area (Å²) >= 11 is 0. The van der Waals surface area contributed by atoms with Gasteiger partial charge in [-0.1, -0.05) is 0 Å². The topological polar surface area (TPSA) is 78.4 Å². The Hall–Kier alpha value is -2.99. The average Bonchev–Trinajstić information content (AvgIpc) is 2.92. The number of aryl methyl sites for hydroxylation is 1. The van der Waals surface area contributed by atoms with Crippen LogP contribution in [0.5, 0.6) is 5.75 Å². The summed E-state index contributed by atoms with van der Waals surface area (Å²) in [6.07, 6.45) is 3.31. The Morgan fingerprint density at radius 1 is 1.15 bits per heavy atom. The van der Waals surface area contributed by atoms with Crippen molar-refractivity contribution in [2.24, 2.45) is 0 Å². The van der Waals surface area contributed by atoms with Crippen LogP contribution in [0.15, 0.2) is 30.6 Å². The van der Waals surface area contributed by atoms with Gasteiger partial charge in [0.05, 0.1) is 11.1 Å². The van der Waals surface area contributed by atoms with Gasteiger partial charge in [0.2, 0.25) is 0 Å². The molecule has 0 spiro atoms. The predicted octanol–water partition coefficient (Wildman–Crippen LogP) is 2.83. The Bertz CT molecular complexity index is 1040. The number of benzene rings is 1. The van der Waals surface area contributed by atoms with E-state index in [9.17, 15) is 9.90 Å². The van der Waals surface area contributed by atoms with Gasteiger partial charge in [-0.3, -0.25) is 9.78 Å². The van der Waals surface area contributed by atoms with Crippen molar-refractivity contribution >= 4 is 22.5 Å². The Kier molecular flexibility index (Phi) is 3.85. The maximum absolute atomic E-state index is 13.0. The van der Waals surface area contributed by atoms with Crippen molar-refractivity contribution in [1.82, 2.24) is 14.9 Å². The molecule has 0 fully saturated rings. The second-order valence-electron chi connectivity index (χ2n) is 6.80. The van der Waals surface area contributed by atoms with E-state index in [4.69, 9.17) is 4.98 Å². The minimum absolute atomic E-state index is 0.0596. The number of likely N-dealkylation sites (N-methyl/N-ethyl adjacent to an activating group) is 1. The van der Waals surface area contributed by atoms with Gasteiger partial charge in [-0.05, 0) is 44.8 Å². The highest BCUT2D eigenvalue weighted by Gasteiger charge is 2.32. The number of aromatic hydroxyl groups is 1. The van der Waals surface area contributed by atoms with Gasteiger partial charge < -0.3 is 15.3 Å². The lowest BCUT2D eigenvalue weighted by molar-refractivity contribution is 0.104. The summed E-state index contributed by atoms with van der Waals surface area (Å²) in [5.74, 6) is 0.697. The first kappa shape index (κ1) is 16.5. The number of fused-ring (bicyclic) bond motifs is 5. The number of hydrogen-bond acceptors (Lipinski definition) is 6. The quantitative estimate of drug-likeness (QED) is 0.590. The van der Waals surface area contributed by atoms with Gasteiger partial charge in [0.25, 0.3) is 0 Å². The molecule has 2 heterocycles. The van der Waals surface area contributed by atoms with Crippen molar-refractivity contribution in [2.45, 2.75) is 6.92 Å². The number of phenols is 1. The number of carbonyl (C=O) groups is 1. The summed E-state index contributed by atoms with van der Waals surface area (Å²) in [6.45, 7) is 3.32. The van der Waals surface area contributed by atoms with Gasteiger partial charge in [-0.2, -0.15) is 0 Å². The molecule has 2 N–H and O–H groups in total. The van der Waals surface area contributed by atoms with Crippen LogP contribution in [0.3, 0.4) is 0 Å². The number of nitrogens with one attached hydrogen (secondary N) is 1. The van der Waals surface area contributed by atoms with E-state index >= 15 is 0 Å². The fraction of sp³-hybridized carbons (Fsp3) is 0.250. The molecular weight excluding hydrogens is 328 g/mol. The molecule has 6 nitrogen and oxygen atoms in total. The number of hydrogen-bond donors (Lipinski definition) is 2. The highest BCUT2D eigenvalue weighted by Crippen LogP contribution is 2.44. The molecular formula is C20H20N4O2. The van der Waals surface area contributed by atoms with Gasteiger partial charge in [0, 0.05) is 47.6 Å². The van der Waals surface area contributed by atoms with Crippen molar-refractivity contribution < 1.29 is 9.90 Å². The number of anilines is 1. The first-order chi connectivity index (χ1) is 12.5. The third-order valence-electron chi connectivity index (χ3n) is 4.80. The molecule has 132 valence electrons. The Labute approximate surface area is 151 Å². The maximum Gasteiger partial charge on any atom is 0.199 e. The molecule has 1 aromatic carbocycles. The van der Waals surface area contributed by atoms with Gasteiger partial charge in [-0.25, -0.2) is 4.98 Å². The fourth-order valence-corrected chi connectivity index (χ4v) is 3.41. The van der Waals surface area contributed by atoms with Gasteiger partial charge in [0.1, 0.15) is 11.6 Å². The molecule has 0 unspecified atom stereocenters. The van der Waals surface area contributed by atoms with Crippen molar-refractivity contribution in [3.63, 3.8) is 0 Å². The molecule has 26 heavy (non-hydrogen) atoms. The summed E-state index contributed by atoms with van der Waals surface area (Å²) in [5, 5.41) is 14.3. The minimum atomic E-state index is -0.0596. The molecule has 0 amide bonds. The number of aromatic nitrogens is 2. The Morgan fingerprint density at radius 3 is 2.73 bits per heavy atom. The number of ketones is 1. The Morgan fingerprint density at radius 2 is 1.96 bits per heavy atom. The highest BCUT2D eigenvalue weighted by molar-refractivity contribution is 6.28. The van der Waals surface area contributed by atoms with Crippen LogP contribution in [0, 0.1) is 6.92 Å². The smallest absolute Gasteiger partial charge is 0.199 e. The van der Waals surface area contributed by atoms with E-state index in [2.05, 4.69) is 15.2 Å². The lowest BCUT2D eigenvalue weighted by atomic mass is 9.99. The van der Waals surface area contributed by atoms with Crippen LogP contribution < -0.4 is 5.32 Å². The van der Waals surface area contributed by atoms with Crippen LogP contribution in [0.2, 0.25) is 0 Å². The lowest BCUT2D eigenvalue weighted by Crippen LogP contribution is -2.22. The zero-order valence-electron chi connectivity index (χ0n) is 15.0. The van der Waals surface area contributed by atoms with E-state index in [0.29, 0.717) is 34.6 Å². The summed E-state index contributed by atoms with van der Waals surface area (Å²) in [5.41, 5.74) is 4.33. The molecule has 0 aliphatic heterocycles. The largest absolute Gasteiger partial charge is 0.508 e. The predicted molar refractivity (Wildman–Crippen MR) is 102 cm³/mol. The number of carbonyl (C=O) groups excluding carboxylic acids is 1. The third kappa shape index (κ3) is 2.42. The molecule has 0 saturated heterocycles. The molecule has 0 radical (unpaired) electrons. The van der Waals surface area contributed by atoms with E-state index in [1.54, 1.807) is 18.5 Å². The summed E-state index contributed by atoms with van der Waals surface area (Å²) in [4.78, 5) is 23.9. The summed E-state index contributed by atoms with van der Waals surface area (Å²) < 4.78 is 0. The zero-order chi connectivity index (χ0) is 18.4. The van der Waals surface area contributed by atoms with Crippen molar-refractivity contribution in [2.75, 3.05) is 32.5 Å². The SMILES string of the molecule is Cc1c(O)ccc2c3c(c(NCCN(C)C)nc12)C(=O)c1cnccc1-3. The zero-order valence-corrected chi connectivity index (χ0v) is 15.0. The highest BCUT2D eigenvalue weighted by atomic mass is 16.3. The minimum Gasteiger partial charge on any atom is -0.508 e. The van der Waals surface area contributed by atoms with E-state index in [0.717, 1.165) is 23.1 Å². The Balaban J connectivity index is 1.99. The van der Waals surface area contributed by atoms with Crippen molar-refractivity contribution in [3.05, 3.63) is 47.3 Å². The van der Waals surface area contributed by atoms with Crippen LogP contribution in [-0.4, -0.2) is 52.9 Å². The van der Waals surface area contributed by atoms with Crippen LogP contribution >= 0.6 is 0 Å². The normalized spacial score (nSPS) is 12.5. The monoisotopic (exact) mass is 348 g/mol. The molecule has 0 bridgehead atoms. The molecule has 0 atom stereocenters. The molecule has 4 rings (SSSR count). The standard InChI is InChI=1S/C20H20N4O2/c1-11-15(25)5-4-13-16-12-6-7-21-10-14(12)19(26)17(16)20(23-18(11)13)22-8-9-24(2)3/h4-7,10,25H,8-9H2,1-3H3,(H,22,23). The molecule has 1 aliphatic rings. The van der Waals surface area contributed by atoms with Crippen LogP contribution in [0.1, 0.15) is 21.5 Å². The van der Waals surface area contributed by atoms with Gasteiger partial charge in [0.15, 0.2) is 5.78 Å². The van der Waals surface area contributed by atoms with Crippen LogP contribution in [-0.2, 0) is 0 Å². The third-order valence-corrected chi connectivity index (χ3v) is 4.80. The lowest BCUT2D eigenvalue weighted by Gasteiger charge is -2.16. The number of pyridine rings is 2. The first-order valence-corrected chi connectivity index (χ1v) is 8.53. The summed E-state index contributed by atoms with van der Waals surface area (Å²) in [6, 6.07) is 5.35. The first-order valence-electron chi connectivity index (χ1n) is 8.53. The summed E-state index contributed by atoms with van der Waals surface area (Å²) in [7, 11) is 3.99. The van der Waals surface area contributed by atoms with E-state index in [1.165, 1.54) is 0 Å². The van der Waals surface area contributed by atoms with E-state index < -0.39 is 0 Å². The molecule has 3 aromatic rings. The maximum atomic E-state index is 13.0. The molecule has 1 aliphatic carbocycles.